The Labute approximate surface area is 98.0 Å². The normalized spacial score (nSPS) is 31.1. The van der Waals surface area contributed by atoms with Gasteiger partial charge in [-0.25, -0.2) is 0 Å². The highest BCUT2D eigenvalue weighted by atomic mass is 16.2. The van der Waals surface area contributed by atoms with E-state index in [9.17, 15) is 4.79 Å². The predicted octanol–water partition coefficient (Wildman–Crippen LogP) is 3.26. The number of carbonyl (C=O) groups excluding carboxylic acids is 1. The Kier molecular flexibility index (Phi) is 2.92. The first-order valence-electron chi connectivity index (χ1n) is 6.24. The molecule has 0 N–H and O–H groups in total. The molecule has 0 aromatic rings. The van der Waals surface area contributed by atoms with Crippen molar-refractivity contribution in [3.63, 3.8) is 0 Å². The highest BCUT2D eigenvalue weighted by Gasteiger charge is 2.47. The van der Waals surface area contributed by atoms with Crippen LogP contribution in [0.1, 0.15) is 45.4 Å². The third-order valence-electron chi connectivity index (χ3n) is 4.07. The lowest BCUT2D eigenvalue weighted by Gasteiger charge is -2.50. The Morgan fingerprint density at radius 3 is 2.56 bits per heavy atom. The van der Waals surface area contributed by atoms with Crippen LogP contribution in [0.15, 0.2) is 24.9 Å². The lowest BCUT2D eigenvalue weighted by atomic mass is 9.80. The number of hydrogen-bond donors (Lipinski definition) is 0. The zero-order valence-electron chi connectivity index (χ0n) is 10.2. The van der Waals surface area contributed by atoms with Crippen LogP contribution in [-0.4, -0.2) is 16.3 Å². The number of rotatable bonds is 3. The molecule has 1 saturated heterocycles. The van der Waals surface area contributed by atoms with E-state index in [0.717, 1.165) is 5.70 Å². The average molecular weight is 219 g/mol. The first-order valence-corrected chi connectivity index (χ1v) is 6.24. The summed E-state index contributed by atoms with van der Waals surface area (Å²) in [5.41, 5.74) is 0.851. The van der Waals surface area contributed by atoms with E-state index in [2.05, 4.69) is 20.1 Å². The van der Waals surface area contributed by atoms with E-state index in [1.807, 2.05) is 11.0 Å². The minimum Gasteiger partial charge on any atom is -0.307 e. The van der Waals surface area contributed by atoms with Crippen LogP contribution in [0.25, 0.3) is 0 Å². The van der Waals surface area contributed by atoms with Crippen LogP contribution in [-0.2, 0) is 4.79 Å². The minimum absolute atomic E-state index is 0.175. The van der Waals surface area contributed by atoms with E-state index in [-0.39, 0.29) is 11.4 Å². The molecule has 1 saturated carbocycles. The van der Waals surface area contributed by atoms with Gasteiger partial charge in [-0.1, -0.05) is 31.9 Å². The van der Waals surface area contributed by atoms with E-state index in [0.29, 0.717) is 12.3 Å². The lowest BCUT2D eigenvalue weighted by Crippen LogP contribution is -2.60. The van der Waals surface area contributed by atoms with Crippen molar-refractivity contribution in [2.45, 2.75) is 51.0 Å². The number of carbonyl (C=O) groups is 1. The minimum atomic E-state index is -0.175. The van der Waals surface area contributed by atoms with Gasteiger partial charge in [0.1, 0.15) is 0 Å². The quantitative estimate of drug-likeness (QED) is 0.527. The van der Waals surface area contributed by atoms with Crippen molar-refractivity contribution in [3.05, 3.63) is 24.9 Å². The van der Waals surface area contributed by atoms with Gasteiger partial charge >= 0.3 is 0 Å². The fourth-order valence-electron chi connectivity index (χ4n) is 2.93. The highest BCUT2D eigenvalue weighted by molar-refractivity contribution is 5.87. The molecule has 2 rings (SSSR count). The maximum absolute atomic E-state index is 11.7. The lowest BCUT2D eigenvalue weighted by molar-refractivity contribution is -0.147. The second-order valence-electron chi connectivity index (χ2n) is 5.29. The first-order chi connectivity index (χ1) is 7.58. The maximum atomic E-state index is 11.7. The molecular weight excluding hydrogens is 198 g/mol. The van der Waals surface area contributed by atoms with E-state index < -0.39 is 0 Å². The summed E-state index contributed by atoms with van der Waals surface area (Å²) in [6.07, 6.45) is 8.72. The summed E-state index contributed by atoms with van der Waals surface area (Å²) in [5.74, 6) is 0.718. The largest absolute Gasteiger partial charge is 0.307 e. The molecule has 1 aliphatic heterocycles. The summed E-state index contributed by atoms with van der Waals surface area (Å²) < 4.78 is 0. The standard InChI is InChI=1S/C14H21NO/c1-4-14(3)10-13(16)15(14)11(2)12-8-6-5-7-9-12/h4,12H,1-2,5-10H2,3H3. The molecule has 2 aliphatic rings. The third-order valence-corrected chi connectivity index (χ3v) is 4.07. The van der Waals surface area contributed by atoms with Gasteiger partial charge in [-0.15, -0.1) is 6.58 Å². The monoisotopic (exact) mass is 219 g/mol. The van der Waals surface area contributed by atoms with Crippen molar-refractivity contribution in [2.24, 2.45) is 5.92 Å². The fourth-order valence-corrected chi connectivity index (χ4v) is 2.93. The van der Waals surface area contributed by atoms with Gasteiger partial charge in [0.25, 0.3) is 0 Å². The summed E-state index contributed by atoms with van der Waals surface area (Å²) in [6, 6.07) is 0. The molecule has 1 unspecified atom stereocenters. The van der Waals surface area contributed by atoms with E-state index in [4.69, 9.17) is 0 Å². The van der Waals surface area contributed by atoms with Crippen LogP contribution in [0.3, 0.4) is 0 Å². The second-order valence-corrected chi connectivity index (χ2v) is 5.29. The Balaban J connectivity index is 2.08. The molecule has 1 amide bonds. The molecule has 0 bridgehead atoms. The molecule has 0 radical (unpaired) electrons. The van der Waals surface area contributed by atoms with Gasteiger partial charge < -0.3 is 4.90 Å². The number of β-lactam (4-membered cyclic amide) rings is 1. The van der Waals surface area contributed by atoms with E-state index >= 15 is 0 Å². The Hall–Kier alpha value is -1.05. The Bertz CT molecular complexity index is 328. The molecule has 0 spiro atoms. The molecule has 88 valence electrons. The molecule has 2 nitrogen and oxygen atoms in total. The van der Waals surface area contributed by atoms with Gasteiger partial charge in [0, 0.05) is 5.70 Å². The predicted molar refractivity (Wildman–Crippen MR) is 65.8 cm³/mol. The molecule has 1 heterocycles. The Morgan fingerprint density at radius 2 is 2.06 bits per heavy atom. The van der Waals surface area contributed by atoms with Crippen LogP contribution in [0, 0.1) is 5.92 Å². The van der Waals surface area contributed by atoms with E-state index in [1.165, 1.54) is 32.1 Å². The zero-order valence-corrected chi connectivity index (χ0v) is 10.2. The average Bonchev–Trinajstić information content (AvgIpc) is 2.29. The molecule has 1 aliphatic carbocycles. The van der Waals surface area contributed by atoms with Gasteiger partial charge in [-0.2, -0.15) is 0 Å². The molecular formula is C14H21NO. The van der Waals surface area contributed by atoms with Crippen LogP contribution in [0.4, 0.5) is 0 Å². The molecule has 0 aromatic carbocycles. The van der Waals surface area contributed by atoms with Crippen molar-refractivity contribution in [2.75, 3.05) is 0 Å². The summed E-state index contributed by atoms with van der Waals surface area (Å²) in [4.78, 5) is 13.6. The van der Waals surface area contributed by atoms with Crippen LogP contribution in [0.2, 0.25) is 0 Å². The summed E-state index contributed by atoms with van der Waals surface area (Å²) in [6.45, 7) is 10.0. The molecule has 0 aromatic heterocycles. The van der Waals surface area contributed by atoms with Crippen LogP contribution >= 0.6 is 0 Å². The van der Waals surface area contributed by atoms with Gasteiger partial charge in [0.15, 0.2) is 0 Å². The third kappa shape index (κ3) is 1.70. The van der Waals surface area contributed by atoms with Crippen LogP contribution < -0.4 is 0 Å². The number of likely N-dealkylation sites (tertiary alicyclic amines) is 1. The number of hydrogen-bond acceptors (Lipinski definition) is 1. The van der Waals surface area contributed by atoms with Crippen molar-refractivity contribution in [1.29, 1.82) is 0 Å². The SMILES string of the molecule is C=CC1(C)CC(=O)N1C(=C)C1CCCCC1. The fraction of sp³-hybridized carbons (Fsp3) is 0.643. The first kappa shape index (κ1) is 11.4. The van der Waals surface area contributed by atoms with Crippen molar-refractivity contribution >= 4 is 5.91 Å². The summed E-state index contributed by atoms with van der Waals surface area (Å²) in [5, 5.41) is 0. The van der Waals surface area contributed by atoms with Gasteiger partial charge in [-0.3, -0.25) is 4.79 Å². The number of nitrogens with zero attached hydrogens (tertiary/aromatic N) is 1. The topological polar surface area (TPSA) is 20.3 Å². The highest BCUT2D eigenvalue weighted by Crippen LogP contribution is 2.41. The van der Waals surface area contributed by atoms with Gasteiger partial charge in [0.2, 0.25) is 5.91 Å². The molecule has 2 fully saturated rings. The Morgan fingerprint density at radius 1 is 1.44 bits per heavy atom. The summed E-state index contributed by atoms with van der Waals surface area (Å²) >= 11 is 0. The van der Waals surface area contributed by atoms with Gasteiger partial charge in [0.05, 0.1) is 12.0 Å². The van der Waals surface area contributed by atoms with Crippen molar-refractivity contribution < 1.29 is 4.79 Å². The number of amides is 1. The van der Waals surface area contributed by atoms with E-state index in [1.54, 1.807) is 0 Å². The van der Waals surface area contributed by atoms with Gasteiger partial charge in [-0.05, 0) is 25.7 Å². The summed E-state index contributed by atoms with van der Waals surface area (Å²) in [7, 11) is 0. The van der Waals surface area contributed by atoms with Crippen molar-refractivity contribution in [3.8, 4) is 0 Å². The number of allylic oxidation sites excluding steroid dienone is 1. The second kappa shape index (κ2) is 4.08. The molecule has 1 atom stereocenters. The maximum Gasteiger partial charge on any atom is 0.230 e. The van der Waals surface area contributed by atoms with Crippen molar-refractivity contribution in [1.82, 2.24) is 4.90 Å². The molecule has 16 heavy (non-hydrogen) atoms. The smallest absolute Gasteiger partial charge is 0.230 e. The zero-order chi connectivity index (χ0) is 11.8. The molecule has 2 heteroatoms. The van der Waals surface area contributed by atoms with Crippen LogP contribution in [0.5, 0.6) is 0 Å².